The Morgan fingerprint density at radius 3 is 1.97 bits per heavy atom. The van der Waals surface area contributed by atoms with Crippen LogP contribution in [0.15, 0.2) is 76.2 Å². The topological polar surface area (TPSA) is 61.6 Å². The first-order chi connectivity index (χ1) is 17.6. The standard InChI is InChI=1S/C30H30N2O4/c1-33-25-14-12-19(17-27(25)35-3)16-20-8-7-9-22-29(20)31-23-10-5-6-11-24(23)32-30(22)21-13-15-26(34-2)28(18-21)36-4/h5-6,10-18,22H,7-9H2,1-4H3/b20-16+. The summed E-state index contributed by atoms with van der Waals surface area (Å²) < 4.78 is 22.0. The van der Waals surface area contributed by atoms with Gasteiger partial charge in [-0.2, -0.15) is 0 Å². The maximum atomic E-state index is 5.60. The molecule has 0 aromatic heterocycles. The highest BCUT2D eigenvalue weighted by Crippen LogP contribution is 2.41. The molecule has 1 aliphatic carbocycles. The van der Waals surface area contributed by atoms with Crippen molar-refractivity contribution in [3.05, 3.63) is 77.4 Å². The van der Waals surface area contributed by atoms with Gasteiger partial charge in [0.05, 0.1) is 51.2 Å². The summed E-state index contributed by atoms with van der Waals surface area (Å²) in [6.45, 7) is 0. The van der Waals surface area contributed by atoms with Crippen molar-refractivity contribution in [2.45, 2.75) is 19.3 Å². The van der Waals surface area contributed by atoms with Crippen LogP contribution in [0.25, 0.3) is 6.08 Å². The quantitative estimate of drug-likeness (QED) is 0.387. The molecule has 1 heterocycles. The molecule has 5 rings (SSSR count). The number of nitrogens with zero attached hydrogens (tertiary/aromatic N) is 2. The van der Waals surface area contributed by atoms with E-state index in [-0.39, 0.29) is 5.92 Å². The highest BCUT2D eigenvalue weighted by Gasteiger charge is 2.32. The molecular weight excluding hydrogens is 452 g/mol. The molecule has 1 aliphatic heterocycles. The van der Waals surface area contributed by atoms with Gasteiger partial charge in [-0.15, -0.1) is 0 Å². The number of rotatable bonds is 6. The van der Waals surface area contributed by atoms with Gasteiger partial charge in [0, 0.05) is 11.5 Å². The van der Waals surface area contributed by atoms with Gasteiger partial charge in [0.2, 0.25) is 0 Å². The molecule has 3 aromatic rings. The number of ether oxygens (including phenoxy) is 4. The molecule has 3 aromatic carbocycles. The van der Waals surface area contributed by atoms with E-state index in [0.717, 1.165) is 53.2 Å². The average molecular weight is 483 g/mol. The highest BCUT2D eigenvalue weighted by atomic mass is 16.5. The van der Waals surface area contributed by atoms with Crippen LogP contribution in [0.3, 0.4) is 0 Å². The summed E-state index contributed by atoms with van der Waals surface area (Å²) in [6.07, 6.45) is 5.19. The van der Waals surface area contributed by atoms with Crippen molar-refractivity contribution in [1.82, 2.24) is 0 Å². The van der Waals surface area contributed by atoms with Gasteiger partial charge in [-0.05, 0) is 78.9 Å². The molecule has 36 heavy (non-hydrogen) atoms. The summed E-state index contributed by atoms with van der Waals surface area (Å²) >= 11 is 0. The zero-order valence-electron chi connectivity index (χ0n) is 21.1. The van der Waals surface area contributed by atoms with Gasteiger partial charge in [-0.25, -0.2) is 4.99 Å². The minimum absolute atomic E-state index is 0.0654. The van der Waals surface area contributed by atoms with E-state index in [0.29, 0.717) is 23.0 Å². The molecule has 1 atom stereocenters. The third kappa shape index (κ3) is 4.47. The Bertz CT molecular complexity index is 1370. The van der Waals surface area contributed by atoms with Crippen molar-refractivity contribution in [3.8, 4) is 23.0 Å². The van der Waals surface area contributed by atoms with Crippen LogP contribution in [0.4, 0.5) is 11.4 Å². The molecule has 1 saturated carbocycles. The molecule has 0 bridgehead atoms. The second-order valence-corrected chi connectivity index (χ2v) is 8.78. The van der Waals surface area contributed by atoms with E-state index >= 15 is 0 Å². The number of fused-ring (bicyclic) bond motifs is 2. The Hall–Kier alpha value is -4.06. The molecule has 2 aliphatic rings. The van der Waals surface area contributed by atoms with Crippen LogP contribution in [0, 0.1) is 5.92 Å². The summed E-state index contributed by atoms with van der Waals surface area (Å²) in [5.41, 5.74) is 7.08. The maximum Gasteiger partial charge on any atom is 0.161 e. The Kier molecular flexibility index (Phi) is 6.76. The zero-order chi connectivity index (χ0) is 25.1. The van der Waals surface area contributed by atoms with E-state index in [1.54, 1.807) is 28.4 Å². The van der Waals surface area contributed by atoms with E-state index in [1.807, 2.05) is 54.6 Å². The van der Waals surface area contributed by atoms with Crippen LogP contribution in [-0.4, -0.2) is 39.9 Å². The molecule has 0 radical (unpaired) electrons. The first kappa shape index (κ1) is 23.7. The lowest BCUT2D eigenvalue weighted by molar-refractivity contribution is 0.355. The van der Waals surface area contributed by atoms with Gasteiger partial charge in [0.1, 0.15) is 0 Å². The summed E-state index contributed by atoms with van der Waals surface area (Å²) in [5, 5.41) is 0. The van der Waals surface area contributed by atoms with E-state index in [2.05, 4.69) is 12.1 Å². The molecule has 0 spiro atoms. The predicted molar refractivity (Wildman–Crippen MR) is 144 cm³/mol. The smallest absolute Gasteiger partial charge is 0.161 e. The first-order valence-corrected chi connectivity index (χ1v) is 12.1. The van der Waals surface area contributed by atoms with E-state index < -0.39 is 0 Å². The van der Waals surface area contributed by atoms with Crippen molar-refractivity contribution in [3.63, 3.8) is 0 Å². The molecule has 0 N–H and O–H groups in total. The number of hydrogen-bond donors (Lipinski definition) is 0. The Labute approximate surface area is 211 Å². The van der Waals surface area contributed by atoms with Crippen molar-refractivity contribution >= 4 is 28.9 Å². The number of methoxy groups -OCH3 is 4. The fourth-order valence-electron chi connectivity index (χ4n) is 4.94. The Morgan fingerprint density at radius 1 is 0.694 bits per heavy atom. The molecule has 6 heteroatoms. The van der Waals surface area contributed by atoms with Gasteiger partial charge in [-0.3, -0.25) is 4.99 Å². The number of hydrogen-bond acceptors (Lipinski definition) is 6. The van der Waals surface area contributed by atoms with Gasteiger partial charge < -0.3 is 18.9 Å². The first-order valence-electron chi connectivity index (χ1n) is 12.1. The van der Waals surface area contributed by atoms with E-state index in [1.165, 1.54) is 5.57 Å². The fraction of sp³-hybridized carbons (Fsp3) is 0.267. The molecule has 184 valence electrons. The molecule has 1 fully saturated rings. The second-order valence-electron chi connectivity index (χ2n) is 8.78. The van der Waals surface area contributed by atoms with Gasteiger partial charge in [0.25, 0.3) is 0 Å². The van der Waals surface area contributed by atoms with E-state index in [9.17, 15) is 0 Å². The SMILES string of the molecule is COc1ccc(/C=C2\CCCC3C2=Nc2ccccc2N=C3c2ccc(OC)c(OC)c2)cc1OC. The summed E-state index contributed by atoms with van der Waals surface area (Å²) in [7, 11) is 6.61. The van der Waals surface area contributed by atoms with Crippen molar-refractivity contribution in [2.24, 2.45) is 15.9 Å². The lowest BCUT2D eigenvalue weighted by Crippen LogP contribution is -2.29. The number of benzene rings is 3. The minimum Gasteiger partial charge on any atom is -0.493 e. The van der Waals surface area contributed by atoms with Crippen LogP contribution in [0.5, 0.6) is 23.0 Å². The summed E-state index contributed by atoms with van der Waals surface area (Å²) in [4.78, 5) is 10.3. The molecule has 6 nitrogen and oxygen atoms in total. The zero-order valence-corrected chi connectivity index (χ0v) is 21.1. The van der Waals surface area contributed by atoms with Crippen molar-refractivity contribution in [2.75, 3.05) is 28.4 Å². The lowest BCUT2D eigenvalue weighted by Gasteiger charge is -2.27. The molecule has 1 unspecified atom stereocenters. The van der Waals surface area contributed by atoms with Crippen molar-refractivity contribution in [1.29, 1.82) is 0 Å². The molecule has 0 amide bonds. The number of para-hydroxylation sites is 2. The third-order valence-corrected chi connectivity index (χ3v) is 6.72. The monoisotopic (exact) mass is 482 g/mol. The minimum atomic E-state index is 0.0654. The van der Waals surface area contributed by atoms with Crippen LogP contribution in [-0.2, 0) is 0 Å². The molecular formula is C30H30N2O4. The van der Waals surface area contributed by atoms with Gasteiger partial charge in [0.15, 0.2) is 23.0 Å². The summed E-state index contributed by atoms with van der Waals surface area (Å²) in [5.74, 6) is 2.87. The van der Waals surface area contributed by atoms with Crippen LogP contribution in [0.2, 0.25) is 0 Å². The van der Waals surface area contributed by atoms with Gasteiger partial charge in [-0.1, -0.05) is 18.2 Å². The molecule has 0 saturated heterocycles. The summed E-state index contributed by atoms with van der Waals surface area (Å²) in [6, 6.07) is 20.1. The predicted octanol–water partition coefficient (Wildman–Crippen LogP) is 6.81. The lowest BCUT2D eigenvalue weighted by atomic mass is 9.78. The maximum absolute atomic E-state index is 5.60. The van der Waals surface area contributed by atoms with Gasteiger partial charge >= 0.3 is 0 Å². The Balaban J connectivity index is 1.64. The normalized spacial score (nSPS) is 17.8. The van der Waals surface area contributed by atoms with E-state index in [4.69, 9.17) is 28.9 Å². The largest absolute Gasteiger partial charge is 0.493 e. The fourth-order valence-corrected chi connectivity index (χ4v) is 4.94. The van der Waals surface area contributed by atoms with Crippen molar-refractivity contribution < 1.29 is 18.9 Å². The number of aliphatic imine (C=N–C) groups is 2. The van der Waals surface area contributed by atoms with Crippen LogP contribution >= 0.6 is 0 Å². The van der Waals surface area contributed by atoms with Crippen LogP contribution < -0.4 is 18.9 Å². The Morgan fingerprint density at radius 2 is 1.31 bits per heavy atom. The third-order valence-electron chi connectivity index (χ3n) is 6.72. The second kappa shape index (κ2) is 10.3. The average Bonchev–Trinajstić information content (AvgIpc) is 3.10. The number of allylic oxidation sites excluding steroid dienone is 1. The highest BCUT2D eigenvalue weighted by molar-refractivity contribution is 6.24. The van der Waals surface area contributed by atoms with Crippen LogP contribution in [0.1, 0.15) is 30.4 Å².